The summed E-state index contributed by atoms with van der Waals surface area (Å²) in [7, 11) is 0. The number of amides is 3. The van der Waals surface area contributed by atoms with E-state index in [2.05, 4.69) is 16.7 Å². The van der Waals surface area contributed by atoms with Crippen LogP contribution in [0.5, 0.6) is 0 Å². The maximum absolute atomic E-state index is 13.5. The van der Waals surface area contributed by atoms with E-state index < -0.39 is 17.3 Å². The number of piperazine rings is 1. The van der Waals surface area contributed by atoms with Crippen molar-refractivity contribution in [3.8, 4) is 6.07 Å². The van der Waals surface area contributed by atoms with Gasteiger partial charge in [-0.15, -0.1) is 0 Å². The highest BCUT2D eigenvalue weighted by molar-refractivity contribution is 6.32. The number of nitrogens with two attached hydrogens (primary N) is 1. The second kappa shape index (κ2) is 9.93. The van der Waals surface area contributed by atoms with E-state index in [9.17, 15) is 14.0 Å². The Balaban J connectivity index is 1.82. The van der Waals surface area contributed by atoms with Crippen molar-refractivity contribution in [1.29, 1.82) is 10.7 Å². The van der Waals surface area contributed by atoms with E-state index in [1.54, 1.807) is 24.3 Å². The fraction of sp³-hybridized carbons (Fsp3) is 0.250. The highest BCUT2D eigenvalue weighted by atomic mass is 35.5. The lowest BCUT2D eigenvalue weighted by Crippen LogP contribution is -2.54. The predicted octanol–water partition coefficient (Wildman–Crippen LogP) is 3.01. The molecule has 0 bridgehead atoms. The van der Waals surface area contributed by atoms with Crippen molar-refractivity contribution < 1.29 is 14.0 Å². The number of primary amides is 1. The van der Waals surface area contributed by atoms with E-state index in [1.807, 2.05) is 13.8 Å². The maximum Gasteiger partial charge on any atom is 0.318 e. The summed E-state index contributed by atoms with van der Waals surface area (Å²) in [6.07, 6.45) is 0. The van der Waals surface area contributed by atoms with Gasteiger partial charge in [0.25, 0.3) is 5.91 Å². The van der Waals surface area contributed by atoms with Gasteiger partial charge in [0.2, 0.25) is 0 Å². The molecule has 0 saturated carbocycles. The number of nitrogens with one attached hydrogen (secondary N) is 3. The van der Waals surface area contributed by atoms with Crippen molar-refractivity contribution in [2.24, 2.45) is 5.73 Å². The summed E-state index contributed by atoms with van der Waals surface area (Å²) in [5.41, 5.74) is 6.38. The van der Waals surface area contributed by atoms with Gasteiger partial charge in [-0.3, -0.25) is 10.2 Å². The number of nitriles is 1. The number of rotatable bonds is 5. The van der Waals surface area contributed by atoms with Crippen molar-refractivity contribution in [1.82, 2.24) is 15.5 Å². The molecule has 2 aromatic carbocycles. The molecule has 10 heteroatoms. The first kappa shape index (κ1) is 24.7. The van der Waals surface area contributed by atoms with E-state index in [-0.39, 0.29) is 34.4 Å². The van der Waals surface area contributed by atoms with Gasteiger partial charge in [-0.25, -0.2) is 9.18 Å². The zero-order chi connectivity index (χ0) is 25.0. The van der Waals surface area contributed by atoms with Crippen LogP contribution in [0.2, 0.25) is 5.02 Å². The summed E-state index contributed by atoms with van der Waals surface area (Å²) in [6, 6.07) is 12.3. The third-order valence-corrected chi connectivity index (χ3v) is 5.81. The second-order valence-corrected chi connectivity index (χ2v) is 8.72. The Morgan fingerprint density at radius 3 is 2.53 bits per heavy atom. The molecule has 0 unspecified atom stereocenters. The zero-order valence-electron chi connectivity index (χ0n) is 18.7. The first-order valence-corrected chi connectivity index (χ1v) is 10.8. The molecule has 1 aliphatic heterocycles. The van der Waals surface area contributed by atoms with Crippen LogP contribution in [-0.2, 0) is 10.3 Å². The lowest BCUT2D eigenvalue weighted by molar-refractivity contribution is -0.114. The number of halogens is 2. The molecule has 0 aliphatic carbocycles. The van der Waals surface area contributed by atoms with Gasteiger partial charge in [-0.2, -0.15) is 5.26 Å². The SMILES string of the molecule is CC(C)(NC(=O)N1CCN/C(=C(\C(=N)c2ccc(F)c(Cl)c2)C(N)=O)C1)c1ccc(C#N)cc1. The van der Waals surface area contributed by atoms with Crippen LogP contribution in [0.15, 0.2) is 53.7 Å². The Morgan fingerprint density at radius 1 is 1.26 bits per heavy atom. The molecule has 0 radical (unpaired) electrons. The number of benzene rings is 2. The van der Waals surface area contributed by atoms with Crippen LogP contribution in [-0.4, -0.2) is 42.2 Å². The number of carbonyl (C=O) groups excluding carboxylic acids is 2. The molecule has 1 saturated heterocycles. The number of carbonyl (C=O) groups is 2. The largest absolute Gasteiger partial charge is 0.384 e. The van der Waals surface area contributed by atoms with Crippen molar-refractivity contribution in [2.45, 2.75) is 19.4 Å². The summed E-state index contributed by atoms with van der Waals surface area (Å²) in [5, 5.41) is 23.3. The smallest absolute Gasteiger partial charge is 0.318 e. The Morgan fingerprint density at radius 2 is 1.94 bits per heavy atom. The zero-order valence-corrected chi connectivity index (χ0v) is 19.5. The monoisotopic (exact) mass is 482 g/mol. The van der Waals surface area contributed by atoms with Crippen LogP contribution in [0.4, 0.5) is 9.18 Å². The minimum absolute atomic E-state index is 0.0187. The summed E-state index contributed by atoms with van der Waals surface area (Å²) >= 11 is 5.83. The third kappa shape index (κ3) is 5.35. The molecule has 1 aliphatic rings. The van der Waals surface area contributed by atoms with Crippen LogP contribution in [0.3, 0.4) is 0 Å². The molecule has 8 nitrogen and oxygen atoms in total. The first-order valence-electron chi connectivity index (χ1n) is 10.4. The van der Waals surface area contributed by atoms with Crippen molar-refractivity contribution in [2.75, 3.05) is 19.6 Å². The molecule has 5 N–H and O–H groups in total. The van der Waals surface area contributed by atoms with Crippen molar-refractivity contribution in [3.05, 3.63) is 81.3 Å². The fourth-order valence-electron chi connectivity index (χ4n) is 3.61. The van der Waals surface area contributed by atoms with Gasteiger partial charge in [0.05, 0.1) is 40.0 Å². The van der Waals surface area contributed by atoms with Gasteiger partial charge in [-0.1, -0.05) is 23.7 Å². The molecule has 3 rings (SSSR count). The molecular weight excluding hydrogens is 459 g/mol. The van der Waals surface area contributed by atoms with Crippen LogP contribution in [0.1, 0.15) is 30.5 Å². The number of nitrogens with zero attached hydrogens (tertiary/aromatic N) is 2. The highest BCUT2D eigenvalue weighted by Crippen LogP contribution is 2.23. The molecular formula is C24H24ClFN6O2. The summed E-state index contributed by atoms with van der Waals surface area (Å²) < 4.78 is 13.5. The van der Waals surface area contributed by atoms with E-state index >= 15 is 0 Å². The van der Waals surface area contributed by atoms with Gasteiger partial charge < -0.3 is 21.3 Å². The fourth-order valence-corrected chi connectivity index (χ4v) is 3.79. The van der Waals surface area contributed by atoms with E-state index in [0.29, 0.717) is 24.4 Å². The lowest BCUT2D eigenvalue weighted by Gasteiger charge is -2.35. The molecule has 34 heavy (non-hydrogen) atoms. The Kier molecular flexibility index (Phi) is 7.23. The predicted molar refractivity (Wildman–Crippen MR) is 127 cm³/mol. The van der Waals surface area contributed by atoms with Gasteiger partial charge in [0, 0.05) is 24.4 Å². The molecule has 2 aromatic rings. The minimum Gasteiger partial charge on any atom is -0.384 e. The molecule has 0 spiro atoms. The van der Waals surface area contributed by atoms with Gasteiger partial charge in [-0.05, 0) is 49.7 Å². The normalized spacial score (nSPS) is 15.1. The highest BCUT2D eigenvalue weighted by Gasteiger charge is 2.30. The number of hydrogen-bond acceptors (Lipinski definition) is 5. The van der Waals surface area contributed by atoms with Crippen LogP contribution in [0.25, 0.3) is 0 Å². The average Bonchev–Trinajstić information content (AvgIpc) is 2.80. The van der Waals surface area contributed by atoms with E-state index in [4.69, 9.17) is 28.0 Å². The average molecular weight is 483 g/mol. The van der Waals surface area contributed by atoms with Crippen LogP contribution >= 0.6 is 11.6 Å². The summed E-state index contributed by atoms with van der Waals surface area (Å²) in [5.74, 6) is -1.50. The Bertz CT molecular complexity index is 1220. The molecule has 1 heterocycles. The summed E-state index contributed by atoms with van der Waals surface area (Å²) in [4.78, 5) is 26.8. The Labute approximate surface area is 201 Å². The van der Waals surface area contributed by atoms with Crippen LogP contribution < -0.4 is 16.4 Å². The van der Waals surface area contributed by atoms with Gasteiger partial charge >= 0.3 is 6.03 Å². The van der Waals surface area contributed by atoms with Crippen LogP contribution in [0, 0.1) is 22.6 Å². The second-order valence-electron chi connectivity index (χ2n) is 8.31. The van der Waals surface area contributed by atoms with E-state index in [1.165, 1.54) is 17.0 Å². The maximum atomic E-state index is 13.5. The Hall–Kier alpha value is -3.90. The quantitative estimate of drug-likeness (QED) is 0.384. The lowest BCUT2D eigenvalue weighted by atomic mass is 9.93. The van der Waals surface area contributed by atoms with Crippen molar-refractivity contribution >= 4 is 29.3 Å². The standard InChI is InChI=1S/C24H24ClFN6O2/c1-24(2,16-6-3-14(12-27)4-7-16)31-23(34)32-10-9-30-19(13-32)20(22(29)33)21(28)15-5-8-18(26)17(25)11-15/h3-8,11,28,30H,9-10,13H2,1-2H3,(H2,29,33)(H,31,34)/b20-19+,28-21?. The van der Waals surface area contributed by atoms with Crippen molar-refractivity contribution in [3.63, 3.8) is 0 Å². The molecule has 0 aromatic heterocycles. The molecule has 176 valence electrons. The van der Waals surface area contributed by atoms with Gasteiger partial charge in [0.15, 0.2) is 0 Å². The molecule has 1 fully saturated rings. The topological polar surface area (TPSA) is 135 Å². The number of hydrogen-bond donors (Lipinski definition) is 4. The summed E-state index contributed by atoms with van der Waals surface area (Å²) in [6.45, 7) is 4.40. The first-order chi connectivity index (χ1) is 16.0. The third-order valence-electron chi connectivity index (χ3n) is 5.52. The van der Waals surface area contributed by atoms with Gasteiger partial charge in [0.1, 0.15) is 5.82 Å². The molecule has 0 atom stereocenters. The molecule has 3 amide bonds. The number of urea groups is 1. The van der Waals surface area contributed by atoms with E-state index in [0.717, 1.165) is 11.6 Å². The minimum atomic E-state index is -0.854.